The van der Waals surface area contributed by atoms with Crippen molar-refractivity contribution in [1.29, 1.82) is 0 Å². The van der Waals surface area contributed by atoms with Crippen LogP contribution in [0.4, 0.5) is 5.69 Å². The van der Waals surface area contributed by atoms with Crippen LogP contribution in [0.15, 0.2) is 65.6 Å². The fourth-order valence-corrected chi connectivity index (χ4v) is 2.96. The number of hydrogen-bond acceptors (Lipinski definition) is 6. The summed E-state index contributed by atoms with van der Waals surface area (Å²) in [5.41, 5.74) is 1.62. The Morgan fingerprint density at radius 2 is 1.81 bits per heavy atom. The molecule has 3 aromatic heterocycles. The van der Waals surface area contributed by atoms with Gasteiger partial charge in [0.1, 0.15) is 23.9 Å². The van der Waals surface area contributed by atoms with Gasteiger partial charge in [-0.05, 0) is 43.3 Å². The Balaban J connectivity index is 1.30. The Morgan fingerprint density at radius 3 is 2.55 bits per heavy atom. The van der Waals surface area contributed by atoms with E-state index in [-0.39, 0.29) is 18.3 Å². The van der Waals surface area contributed by atoms with Gasteiger partial charge in [-0.15, -0.1) is 0 Å². The molecule has 0 saturated carbocycles. The maximum absolute atomic E-state index is 12.5. The molecule has 0 aliphatic heterocycles. The molecule has 9 heteroatoms. The molecule has 1 aromatic carbocycles. The van der Waals surface area contributed by atoms with E-state index in [1.807, 2.05) is 36.1 Å². The fraction of sp³-hybridized carbons (Fsp3) is 0.227. The maximum Gasteiger partial charge on any atom is 0.291 e. The van der Waals surface area contributed by atoms with Gasteiger partial charge in [-0.2, -0.15) is 10.2 Å². The lowest BCUT2D eigenvalue weighted by Crippen LogP contribution is -2.10. The molecule has 0 aliphatic carbocycles. The SMILES string of the molecule is CCn1cc(Cn2cc(NC(=O)c3ccc(COc4ccc(OC)cc4)o3)cn2)cn1. The molecular formula is C22H23N5O4. The number of nitrogens with one attached hydrogen (secondary N) is 1. The molecule has 1 amide bonds. The minimum absolute atomic E-state index is 0.199. The molecule has 3 heterocycles. The van der Waals surface area contributed by atoms with Crippen molar-refractivity contribution >= 4 is 11.6 Å². The highest BCUT2D eigenvalue weighted by Crippen LogP contribution is 2.19. The standard InChI is InChI=1S/C22H23N5O4/c1-3-26-12-16(10-23-26)13-27-14-17(11-24-27)25-22(28)21-9-8-20(31-21)15-30-19-6-4-18(29-2)5-7-19/h4-12,14H,3,13,15H2,1-2H3,(H,25,28). The van der Waals surface area contributed by atoms with Gasteiger partial charge in [-0.25, -0.2) is 0 Å². The van der Waals surface area contributed by atoms with Gasteiger partial charge < -0.3 is 19.2 Å². The zero-order chi connectivity index (χ0) is 21.6. The monoisotopic (exact) mass is 421 g/mol. The summed E-state index contributed by atoms with van der Waals surface area (Å²) in [7, 11) is 1.61. The second-order valence-corrected chi connectivity index (χ2v) is 6.82. The number of anilines is 1. The maximum atomic E-state index is 12.5. The van der Waals surface area contributed by atoms with E-state index < -0.39 is 0 Å². The molecule has 0 bridgehead atoms. The molecule has 0 unspecified atom stereocenters. The van der Waals surface area contributed by atoms with Crippen molar-refractivity contribution in [2.24, 2.45) is 0 Å². The third-order valence-electron chi connectivity index (χ3n) is 4.57. The third-order valence-corrected chi connectivity index (χ3v) is 4.57. The van der Waals surface area contributed by atoms with Crippen molar-refractivity contribution in [3.8, 4) is 11.5 Å². The van der Waals surface area contributed by atoms with E-state index >= 15 is 0 Å². The molecule has 0 radical (unpaired) electrons. The van der Waals surface area contributed by atoms with E-state index in [0.29, 0.717) is 23.7 Å². The van der Waals surface area contributed by atoms with Gasteiger partial charge in [0.25, 0.3) is 5.91 Å². The number of aromatic nitrogens is 4. The first-order chi connectivity index (χ1) is 15.1. The highest BCUT2D eigenvalue weighted by atomic mass is 16.5. The van der Waals surface area contributed by atoms with Crippen LogP contribution in [-0.2, 0) is 19.7 Å². The van der Waals surface area contributed by atoms with Crippen LogP contribution in [0.5, 0.6) is 11.5 Å². The van der Waals surface area contributed by atoms with E-state index in [0.717, 1.165) is 17.9 Å². The van der Waals surface area contributed by atoms with Gasteiger partial charge in [0.05, 0.1) is 31.7 Å². The van der Waals surface area contributed by atoms with E-state index in [2.05, 4.69) is 15.5 Å². The lowest BCUT2D eigenvalue weighted by atomic mass is 10.3. The molecule has 9 nitrogen and oxygen atoms in total. The van der Waals surface area contributed by atoms with E-state index in [1.165, 1.54) is 0 Å². The third kappa shape index (κ3) is 5.13. The summed E-state index contributed by atoms with van der Waals surface area (Å²) in [6, 6.07) is 10.6. The number of ether oxygens (including phenoxy) is 2. The van der Waals surface area contributed by atoms with Crippen molar-refractivity contribution in [1.82, 2.24) is 19.6 Å². The van der Waals surface area contributed by atoms with E-state index in [4.69, 9.17) is 13.9 Å². The van der Waals surface area contributed by atoms with Crippen molar-refractivity contribution in [2.45, 2.75) is 26.6 Å². The summed E-state index contributed by atoms with van der Waals surface area (Å²) < 4.78 is 20.0. The van der Waals surface area contributed by atoms with Crippen LogP contribution < -0.4 is 14.8 Å². The van der Waals surface area contributed by atoms with Gasteiger partial charge in [-0.3, -0.25) is 14.2 Å². The summed E-state index contributed by atoms with van der Waals surface area (Å²) in [6.45, 7) is 3.63. The fourth-order valence-electron chi connectivity index (χ4n) is 2.96. The number of methoxy groups -OCH3 is 1. The second kappa shape index (κ2) is 9.21. The lowest BCUT2D eigenvalue weighted by molar-refractivity contribution is 0.0992. The second-order valence-electron chi connectivity index (χ2n) is 6.82. The largest absolute Gasteiger partial charge is 0.497 e. The quantitative estimate of drug-likeness (QED) is 0.444. The Morgan fingerprint density at radius 1 is 1.03 bits per heavy atom. The number of furan rings is 1. The van der Waals surface area contributed by atoms with Crippen molar-refractivity contribution in [3.05, 3.63) is 78.3 Å². The summed E-state index contributed by atoms with van der Waals surface area (Å²) >= 11 is 0. The van der Waals surface area contributed by atoms with E-state index in [9.17, 15) is 4.79 Å². The Labute approximate surface area is 179 Å². The summed E-state index contributed by atoms with van der Waals surface area (Å²) in [5, 5.41) is 11.3. The number of hydrogen-bond donors (Lipinski definition) is 1. The topological polar surface area (TPSA) is 96.3 Å². The number of aryl methyl sites for hydroxylation is 1. The van der Waals surface area contributed by atoms with Gasteiger partial charge in [0, 0.05) is 24.5 Å². The predicted molar refractivity (Wildman–Crippen MR) is 113 cm³/mol. The minimum Gasteiger partial charge on any atom is -0.497 e. The first-order valence-electron chi connectivity index (χ1n) is 9.83. The van der Waals surface area contributed by atoms with E-state index in [1.54, 1.807) is 48.5 Å². The molecular weight excluding hydrogens is 398 g/mol. The zero-order valence-electron chi connectivity index (χ0n) is 17.3. The average molecular weight is 421 g/mol. The molecule has 0 saturated heterocycles. The zero-order valence-corrected chi connectivity index (χ0v) is 17.3. The number of nitrogens with zero attached hydrogens (tertiary/aromatic N) is 4. The number of rotatable bonds is 9. The number of amides is 1. The molecule has 31 heavy (non-hydrogen) atoms. The number of benzene rings is 1. The molecule has 0 spiro atoms. The van der Waals surface area contributed by atoms with Crippen molar-refractivity contribution in [2.75, 3.05) is 12.4 Å². The van der Waals surface area contributed by atoms with Gasteiger partial charge in [-0.1, -0.05) is 0 Å². The molecule has 160 valence electrons. The van der Waals surface area contributed by atoms with Crippen LogP contribution >= 0.6 is 0 Å². The Hall–Kier alpha value is -4.01. The number of carbonyl (C=O) groups excluding carboxylic acids is 1. The normalized spacial score (nSPS) is 10.8. The number of carbonyl (C=O) groups is 1. The van der Waals surface area contributed by atoms with Gasteiger partial charge >= 0.3 is 0 Å². The highest BCUT2D eigenvalue weighted by molar-refractivity contribution is 6.02. The van der Waals surface area contributed by atoms with Crippen LogP contribution in [0.3, 0.4) is 0 Å². The average Bonchev–Trinajstić information content (AvgIpc) is 3.54. The summed E-state index contributed by atoms with van der Waals surface area (Å²) in [6.07, 6.45) is 7.14. The molecule has 1 N–H and O–H groups in total. The minimum atomic E-state index is -0.353. The predicted octanol–water partition coefficient (Wildman–Crippen LogP) is 3.58. The van der Waals surface area contributed by atoms with Crippen LogP contribution in [-0.4, -0.2) is 32.6 Å². The van der Waals surface area contributed by atoms with Gasteiger partial charge in [0.2, 0.25) is 0 Å². The Kier molecular flexibility index (Phi) is 6.02. The Bertz CT molecular complexity index is 1140. The molecule has 0 aliphatic rings. The lowest BCUT2D eigenvalue weighted by Gasteiger charge is -2.05. The van der Waals surface area contributed by atoms with Crippen molar-refractivity contribution < 1.29 is 18.7 Å². The summed E-state index contributed by atoms with van der Waals surface area (Å²) in [4.78, 5) is 12.5. The van der Waals surface area contributed by atoms with Crippen molar-refractivity contribution in [3.63, 3.8) is 0 Å². The summed E-state index contributed by atoms with van der Waals surface area (Å²) in [5.74, 6) is 1.83. The highest BCUT2D eigenvalue weighted by Gasteiger charge is 2.13. The van der Waals surface area contributed by atoms with Crippen LogP contribution in [0.2, 0.25) is 0 Å². The molecule has 4 aromatic rings. The van der Waals surface area contributed by atoms with Crippen LogP contribution in [0.25, 0.3) is 0 Å². The van der Waals surface area contributed by atoms with Gasteiger partial charge in [0.15, 0.2) is 5.76 Å². The molecule has 0 fully saturated rings. The smallest absolute Gasteiger partial charge is 0.291 e. The van der Waals surface area contributed by atoms with Crippen LogP contribution in [0.1, 0.15) is 28.8 Å². The molecule has 0 atom stereocenters. The van der Waals surface area contributed by atoms with Crippen LogP contribution in [0, 0.1) is 0 Å². The first-order valence-corrected chi connectivity index (χ1v) is 9.83. The molecule has 4 rings (SSSR count). The first kappa shape index (κ1) is 20.3.